The van der Waals surface area contributed by atoms with Crippen molar-refractivity contribution in [1.82, 2.24) is 10.3 Å². The highest BCUT2D eigenvalue weighted by atomic mass is 16.4. The lowest BCUT2D eigenvalue weighted by Crippen LogP contribution is -2.41. The standard InChI is InChI=1S/C14H17N3O3/c1-7(2)14(4)13(20)16-11(17-14)10-9(12(18)19)5-8(3)6-15-10/h5-7H,1-4H3,(H,18,19)(H,16,17,20)/p-1/t14-/m1/s1. The Labute approximate surface area is 116 Å². The fraction of sp³-hybridized carbons (Fsp3) is 0.429. The molecule has 6 heteroatoms. The van der Waals surface area contributed by atoms with Gasteiger partial charge in [-0.1, -0.05) is 13.8 Å². The molecule has 1 aliphatic rings. The Kier molecular flexibility index (Phi) is 3.33. The molecule has 1 amide bonds. The molecule has 1 aromatic heterocycles. The van der Waals surface area contributed by atoms with Crippen LogP contribution in [0, 0.1) is 12.8 Å². The van der Waals surface area contributed by atoms with Gasteiger partial charge >= 0.3 is 0 Å². The molecule has 0 saturated carbocycles. The van der Waals surface area contributed by atoms with Gasteiger partial charge in [0, 0.05) is 11.8 Å². The molecule has 106 valence electrons. The Morgan fingerprint density at radius 2 is 2.10 bits per heavy atom. The van der Waals surface area contributed by atoms with E-state index in [1.54, 1.807) is 13.8 Å². The van der Waals surface area contributed by atoms with Crippen LogP contribution in [0.15, 0.2) is 17.3 Å². The predicted octanol–water partition coefficient (Wildman–Crippen LogP) is 0.0446. The van der Waals surface area contributed by atoms with Crippen LogP contribution in [0.3, 0.4) is 0 Å². The molecule has 0 aliphatic carbocycles. The van der Waals surface area contributed by atoms with Crippen molar-refractivity contribution in [2.24, 2.45) is 10.9 Å². The largest absolute Gasteiger partial charge is 0.545 e. The number of aromatic nitrogens is 1. The summed E-state index contributed by atoms with van der Waals surface area (Å²) in [6.07, 6.45) is 1.53. The van der Waals surface area contributed by atoms with Crippen molar-refractivity contribution < 1.29 is 14.7 Å². The molecule has 1 aliphatic heterocycles. The van der Waals surface area contributed by atoms with Gasteiger partial charge < -0.3 is 15.2 Å². The third kappa shape index (κ3) is 2.17. The first-order valence-corrected chi connectivity index (χ1v) is 6.35. The zero-order valence-electron chi connectivity index (χ0n) is 11.9. The summed E-state index contributed by atoms with van der Waals surface area (Å²) in [5, 5.41) is 13.8. The fourth-order valence-electron chi connectivity index (χ4n) is 1.96. The summed E-state index contributed by atoms with van der Waals surface area (Å²) in [6.45, 7) is 7.21. The van der Waals surface area contributed by atoms with Crippen molar-refractivity contribution in [3.05, 3.63) is 29.1 Å². The number of nitrogens with zero attached hydrogens (tertiary/aromatic N) is 2. The third-order valence-electron chi connectivity index (χ3n) is 3.63. The Hall–Kier alpha value is -2.24. The number of nitrogens with one attached hydrogen (secondary N) is 1. The number of rotatable bonds is 3. The molecule has 20 heavy (non-hydrogen) atoms. The van der Waals surface area contributed by atoms with E-state index < -0.39 is 11.5 Å². The van der Waals surface area contributed by atoms with Gasteiger partial charge in [-0.3, -0.25) is 9.78 Å². The number of hydrogen-bond acceptors (Lipinski definition) is 5. The summed E-state index contributed by atoms with van der Waals surface area (Å²) in [4.78, 5) is 31.7. The van der Waals surface area contributed by atoms with Crippen LogP contribution in [-0.2, 0) is 4.79 Å². The van der Waals surface area contributed by atoms with Gasteiger partial charge in [-0.2, -0.15) is 0 Å². The van der Waals surface area contributed by atoms with Crippen LogP contribution in [0.1, 0.15) is 42.4 Å². The second-order valence-corrected chi connectivity index (χ2v) is 5.41. The SMILES string of the molecule is Cc1cnc(C2=N[C@](C)(C(C)C)C(=O)N2)c(C(=O)[O-])c1. The minimum atomic E-state index is -1.34. The Morgan fingerprint density at radius 1 is 1.45 bits per heavy atom. The van der Waals surface area contributed by atoms with Crippen LogP contribution in [-0.4, -0.2) is 28.2 Å². The molecule has 1 N–H and O–H groups in total. The van der Waals surface area contributed by atoms with E-state index in [0.717, 1.165) is 0 Å². The smallest absolute Gasteiger partial charge is 0.253 e. The van der Waals surface area contributed by atoms with Crippen molar-refractivity contribution >= 4 is 17.7 Å². The van der Waals surface area contributed by atoms with Crippen molar-refractivity contribution in [1.29, 1.82) is 0 Å². The normalized spacial score (nSPS) is 21.9. The predicted molar refractivity (Wildman–Crippen MR) is 71.2 cm³/mol. The molecule has 2 heterocycles. The number of aromatic carboxylic acids is 1. The maximum absolute atomic E-state index is 12.1. The lowest BCUT2D eigenvalue weighted by Gasteiger charge is -2.21. The van der Waals surface area contributed by atoms with Gasteiger partial charge in [0.25, 0.3) is 5.91 Å². The molecule has 2 rings (SSSR count). The van der Waals surface area contributed by atoms with Crippen LogP contribution in [0.4, 0.5) is 0 Å². The lowest BCUT2D eigenvalue weighted by atomic mass is 9.89. The molecular weight excluding hydrogens is 258 g/mol. The van der Waals surface area contributed by atoms with Crippen molar-refractivity contribution in [2.75, 3.05) is 0 Å². The van der Waals surface area contributed by atoms with Crippen LogP contribution in [0.5, 0.6) is 0 Å². The number of aryl methyl sites for hydroxylation is 1. The van der Waals surface area contributed by atoms with E-state index in [1.807, 2.05) is 13.8 Å². The number of amides is 1. The van der Waals surface area contributed by atoms with Gasteiger partial charge in [-0.05, 0) is 31.4 Å². The number of carboxylic acid groups (broad SMARTS) is 1. The van der Waals surface area contributed by atoms with E-state index in [0.29, 0.717) is 5.56 Å². The van der Waals surface area contributed by atoms with Crippen LogP contribution < -0.4 is 10.4 Å². The van der Waals surface area contributed by atoms with Gasteiger partial charge in [-0.15, -0.1) is 0 Å². The number of pyridine rings is 1. The summed E-state index contributed by atoms with van der Waals surface area (Å²) >= 11 is 0. The van der Waals surface area contributed by atoms with E-state index in [4.69, 9.17) is 0 Å². The Bertz CT molecular complexity index is 622. The summed E-state index contributed by atoms with van der Waals surface area (Å²) in [6, 6.07) is 1.46. The average Bonchev–Trinajstić information content (AvgIpc) is 2.66. The highest BCUT2D eigenvalue weighted by Gasteiger charge is 2.42. The van der Waals surface area contributed by atoms with Gasteiger partial charge in [-0.25, -0.2) is 4.99 Å². The monoisotopic (exact) mass is 274 g/mol. The molecule has 0 fully saturated rings. The van der Waals surface area contributed by atoms with Crippen LogP contribution >= 0.6 is 0 Å². The maximum atomic E-state index is 12.1. The number of carbonyl (C=O) groups excluding carboxylic acids is 2. The molecule has 1 atom stereocenters. The number of amidine groups is 1. The minimum absolute atomic E-state index is 0.0168. The first-order chi connectivity index (χ1) is 9.25. The van der Waals surface area contributed by atoms with Crippen LogP contribution in [0.25, 0.3) is 0 Å². The van der Waals surface area contributed by atoms with Gasteiger partial charge in [0.15, 0.2) is 5.84 Å². The zero-order chi connectivity index (χ0) is 15.1. The topological polar surface area (TPSA) is 94.5 Å². The fourth-order valence-corrected chi connectivity index (χ4v) is 1.96. The Morgan fingerprint density at radius 3 is 2.60 bits per heavy atom. The number of hydrogen-bond donors (Lipinski definition) is 1. The molecule has 0 saturated heterocycles. The third-order valence-corrected chi connectivity index (χ3v) is 3.63. The van der Waals surface area contributed by atoms with E-state index in [1.165, 1.54) is 12.3 Å². The maximum Gasteiger partial charge on any atom is 0.253 e. The van der Waals surface area contributed by atoms with E-state index >= 15 is 0 Å². The van der Waals surface area contributed by atoms with Gasteiger partial charge in [0.1, 0.15) is 11.2 Å². The second kappa shape index (κ2) is 4.70. The molecule has 1 aromatic rings. The van der Waals surface area contributed by atoms with E-state index in [2.05, 4.69) is 15.3 Å². The van der Waals surface area contributed by atoms with Crippen molar-refractivity contribution in [3.8, 4) is 0 Å². The Balaban J connectivity index is 2.54. The molecule has 6 nitrogen and oxygen atoms in total. The molecule has 0 radical (unpaired) electrons. The lowest BCUT2D eigenvalue weighted by molar-refractivity contribution is -0.255. The number of aliphatic imine (C=N–C) groups is 1. The van der Waals surface area contributed by atoms with Gasteiger partial charge in [0.05, 0.1) is 5.97 Å². The summed E-state index contributed by atoms with van der Waals surface area (Å²) in [5.74, 6) is -1.43. The first-order valence-electron chi connectivity index (χ1n) is 6.35. The van der Waals surface area contributed by atoms with Crippen molar-refractivity contribution in [2.45, 2.75) is 33.2 Å². The summed E-state index contributed by atoms with van der Waals surface area (Å²) < 4.78 is 0. The van der Waals surface area contributed by atoms with E-state index in [-0.39, 0.29) is 28.9 Å². The highest BCUT2D eigenvalue weighted by molar-refractivity contribution is 6.17. The first kappa shape index (κ1) is 14.2. The minimum Gasteiger partial charge on any atom is -0.545 e. The quantitative estimate of drug-likeness (QED) is 0.842. The molecule has 0 unspecified atom stereocenters. The number of carboxylic acids is 1. The summed E-state index contributed by atoms with van der Waals surface area (Å²) in [5.41, 5.74) is -0.152. The molecule has 0 spiro atoms. The summed E-state index contributed by atoms with van der Waals surface area (Å²) in [7, 11) is 0. The van der Waals surface area contributed by atoms with Crippen molar-refractivity contribution in [3.63, 3.8) is 0 Å². The molecular formula is C14H16N3O3-. The average molecular weight is 274 g/mol. The molecule has 0 aromatic carbocycles. The highest BCUT2D eigenvalue weighted by Crippen LogP contribution is 2.27. The number of carbonyl (C=O) groups is 2. The zero-order valence-corrected chi connectivity index (χ0v) is 11.9. The van der Waals surface area contributed by atoms with E-state index in [9.17, 15) is 14.7 Å². The van der Waals surface area contributed by atoms with Gasteiger partial charge in [0.2, 0.25) is 0 Å². The van der Waals surface area contributed by atoms with Crippen LogP contribution in [0.2, 0.25) is 0 Å². The second-order valence-electron chi connectivity index (χ2n) is 5.41. The molecule has 0 bridgehead atoms.